The molecule has 0 rings (SSSR count). The van der Waals surface area contributed by atoms with Gasteiger partial charge in [0.25, 0.3) is 0 Å². The first kappa shape index (κ1) is 16.0. The van der Waals surface area contributed by atoms with Crippen molar-refractivity contribution >= 4 is 67.0 Å². The van der Waals surface area contributed by atoms with E-state index in [0.29, 0.717) is 0 Å². The van der Waals surface area contributed by atoms with Gasteiger partial charge in [-0.15, -0.1) is 0 Å². The standard InChI is InChI=1S/CH2BN.2Na.2H/c2-1-3;;;;/h2H2;;;;. The van der Waals surface area contributed by atoms with Gasteiger partial charge in [-0.1, -0.05) is 0 Å². The first-order valence-corrected chi connectivity index (χ1v) is 0.724. The minimum absolute atomic E-state index is 0. The summed E-state index contributed by atoms with van der Waals surface area (Å²) >= 11 is 0. The molecule has 0 atom stereocenters. The summed E-state index contributed by atoms with van der Waals surface area (Å²) in [7, 11) is 1.43. The summed E-state index contributed by atoms with van der Waals surface area (Å²) < 4.78 is 0. The third-order valence-corrected chi connectivity index (χ3v) is 0. The predicted octanol–water partition coefficient (Wildman–Crippen LogP) is -2.20. The van der Waals surface area contributed by atoms with Gasteiger partial charge in [-0.25, -0.2) is 5.26 Å². The Morgan fingerprint density at radius 1 is 1.40 bits per heavy atom. The van der Waals surface area contributed by atoms with Crippen LogP contribution in [0.5, 0.6) is 0 Å². The van der Waals surface area contributed by atoms with Crippen molar-refractivity contribution < 1.29 is 0 Å². The van der Waals surface area contributed by atoms with Crippen LogP contribution >= 0.6 is 0 Å². The van der Waals surface area contributed by atoms with Crippen LogP contribution in [0.1, 0.15) is 0 Å². The van der Waals surface area contributed by atoms with Crippen molar-refractivity contribution in [2.75, 3.05) is 0 Å². The summed E-state index contributed by atoms with van der Waals surface area (Å²) in [6.45, 7) is 0. The van der Waals surface area contributed by atoms with E-state index >= 15 is 0 Å². The molecular formula is CH4BNNa2. The normalized spacial score (nSPS) is 1.40. The number of hydrogen-bond acceptors (Lipinski definition) is 1. The molecule has 0 aromatic carbocycles. The molecule has 0 aromatic heterocycles. The molecule has 4 heteroatoms. The molecule has 0 saturated heterocycles. The summed E-state index contributed by atoms with van der Waals surface area (Å²) in [4.78, 5) is 0. The summed E-state index contributed by atoms with van der Waals surface area (Å²) in [6.07, 6.45) is 0. The summed E-state index contributed by atoms with van der Waals surface area (Å²) in [5.74, 6) is 1.75. The van der Waals surface area contributed by atoms with Crippen molar-refractivity contribution in [3.63, 3.8) is 0 Å². The summed E-state index contributed by atoms with van der Waals surface area (Å²) in [6, 6.07) is 0. The Hall–Kier alpha value is 1.55. The van der Waals surface area contributed by atoms with E-state index in [0.717, 1.165) is 0 Å². The number of hydrogen-bond donors (Lipinski definition) is 0. The zero-order valence-electron chi connectivity index (χ0n) is 1.95. The molecule has 0 spiro atoms. The summed E-state index contributed by atoms with van der Waals surface area (Å²) in [5.41, 5.74) is 0. The Labute approximate surface area is 77.1 Å². The van der Waals surface area contributed by atoms with Gasteiger partial charge in [-0.05, 0) is 5.97 Å². The molecule has 0 N–H and O–H groups in total. The van der Waals surface area contributed by atoms with Gasteiger partial charge >= 0.3 is 59.1 Å². The molecule has 0 aliphatic carbocycles. The first-order valence-electron chi connectivity index (χ1n) is 0.724. The minimum atomic E-state index is 0. The molecule has 5 heavy (non-hydrogen) atoms. The van der Waals surface area contributed by atoms with Crippen LogP contribution in [0.25, 0.3) is 0 Å². The first-order chi connectivity index (χ1) is 1.41. The number of rotatable bonds is 0. The molecule has 0 unspecified atom stereocenters. The fourth-order valence-corrected chi connectivity index (χ4v) is 0. The van der Waals surface area contributed by atoms with Gasteiger partial charge in [-0.3, -0.25) is 0 Å². The monoisotopic (exact) mass is 87.0 g/mol. The van der Waals surface area contributed by atoms with E-state index in [-0.39, 0.29) is 59.1 Å². The molecule has 0 saturated carbocycles. The van der Waals surface area contributed by atoms with E-state index in [9.17, 15) is 0 Å². The van der Waals surface area contributed by atoms with E-state index < -0.39 is 0 Å². The number of nitrogens with zero attached hydrogens (tertiary/aromatic N) is 1. The molecular weight excluding hydrogens is 82.8 g/mol. The van der Waals surface area contributed by atoms with Crippen molar-refractivity contribution in [2.45, 2.75) is 0 Å². The van der Waals surface area contributed by atoms with Crippen LogP contribution in [0.15, 0.2) is 0 Å². The third-order valence-electron chi connectivity index (χ3n) is 0. The average Bonchev–Trinajstić information content (AvgIpc) is 0.918. The molecule has 0 fully saturated rings. The van der Waals surface area contributed by atoms with Crippen molar-refractivity contribution in [2.24, 2.45) is 0 Å². The maximum absolute atomic E-state index is 7.32. The molecule has 18 valence electrons. The van der Waals surface area contributed by atoms with Gasteiger partial charge in [0.2, 0.25) is 7.85 Å². The Bertz CT molecular complexity index is 31.1. The van der Waals surface area contributed by atoms with E-state index in [2.05, 4.69) is 0 Å². The second-order valence-electron chi connectivity index (χ2n) is 0.224. The van der Waals surface area contributed by atoms with Gasteiger partial charge in [0.05, 0.1) is 0 Å². The van der Waals surface area contributed by atoms with Gasteiger partial charge in [0.15, 0.2) is 0 Å². The van der Waals surface area contributed by atoms with E-state index in [1.807, 2.05) is 0 Å². The Morgan fingerprint density at radius 3 is 1.40 bits per heavy atom. The molecule has 0 aliphatic heterocycles. The zero-order valence-corrected chi connectivity index (χ0v) is 1.95. The van der Waals surface area contributed by atoms with Crippen LogP contribution in [-0.4, -0.2) is 67.0 Å². The Kier molecular flexibility index (Phi) is 56.5. The van der Waals surface area contributed by atoms with Crippen LogP contribution in [0.3, 0.4) is 0 Å². The van der Waals surface area contributed by atoms with Gasteiger partial charge in [0.1, 0.15) is 0 Å². The van der Waals surface area contributed by atoms with Crippen LogP contribution in [0.2, 0.25) is 0 Å². The quantitative estimate of drug-likeness (QED) is 0.307. The van der Waals surface area contributed by atoms with Gasteiger partial charge in [-0.2, -0.15) is 0 Å². The molecule has 0 amide bonds. The fourth-order valence-electron chi connectivity index (χ4n) is 0. The van der Waals surface area contributed by atoms with E-state index in [1.54, 1.807) is 5.97 Å². The van der Waals surface area contributed by atoms with Crippen LogP contribution in [0, 0.1) is 11.2 Å². The molecule has 1 nitrogen and oxygen atoms in total. The predicted molar refractivity (Wildman–Crippen MR) is 28.5 cm³/mol. The average molecular weight is 86.8 g/mol. The molecule has 0 radical (unpaired) electrons. The van der Waals surface area contributed by atoms with E-state index in [4.69, 9.17) is 5.26 Å². The van der Waals surface area contributed by atoms with Crippen molar-refractivity contribution in [1.82, 2.24) is 0 Å². The van der Waals surface area contributed by atoms with E-state index in [1.165, 1.54) is 7.85 Å². The number of nitriles is 1. The SMILES string of the molecule is BC#N.[NaH].[NaH]. The fraction of sp³-hybridized carbons (Fsp3) is 0. The van der Waals surface area contributed by atoms with Gasteiger partial charge < -0.3 is 0 Å². The van der Waals surface area contributed by atoms with Crippen LogP contribution in [-0.2, 0) is 0 Å². The molecule has 0 bridgehead atoms. The van der Waals surface area contributed by atoms with Crippen LogP contribution in [0.4, 0.5) is 0 Å². The summed E-state index contributed by atoms with van der Waals surface area (Å²) in [5, 5.41) is 7.32. The van der Waals surface area contributed by atoms with Crippen molar-refractivity contribution in [3.05, 3.63) is 0 Å². The van der Waals surface area contributed by atoms with Crippen LogP contribution < -0.4 is 0 Å². The zero-order chi connectivity index (χ0) is 2.71. The maximum atomic E-state index is 7.32. The van der Waals surface area contributed by atoms with Gasteiger partial charge in [0, 0.05) is 0 Å². The third kappa shape index (κ3) is 29.0. The Balaban J connectivity index is -0.0000000200. The van der Waals surface area contributed by atoms with Crippen molar-refractivity contribution in [1.29, 1.82) is 5.26 Å². The second-order valence-corrected chi connectivity index (χ2v) is 0.224. The Morgan fingerprint density at radius 2 is 1.40 bits per heavy atom. The molecule has 0 aromatic rings. The topological polar surface area (TPSA) is 23.8 Å². The van der Waals surface area contributed by atoms with Crippen molar-refractivity contribution in [3.8, 4) is 5.97 Å². The molecule has 0 aliphatic rings. The second kappa shape index (κ2) is 17.7. The molecule has 0 heterocycles.